The number of allylic oxidation sites excluding steroid dienone is 1. The number of hydrogen-bond acceptors (Lipinski definition) is 4. The second-order valence-corrected chi connectivity index (χ2v) is 7.66. The van der Waals surface area contributed by atoms with Crippen LogP contribution in [0.3, 0.4) is 0 Å². The molecular weight excluding hydrogens is 308 g/mol. The van der Waals surface area contributed by atoms with Gasteiger partial charge in [0.15, 0.2) is 11.6 Å². The van der Waals surface area contributed by atoms with Crippen molar-refractivity contribution < 1.29 is 0 Å². The molecular formula is C21H28N4. The lowest BCUT2D eigenvalue weighted by atomic mass is 9.60. The average Bonchev–Trinajstić information content (AvgIpc) is 3.01. The molecule has 1 aromatic heterocycles. The van der Waals surface area contributed by atoms with Crippen molar-refractivity contribution >= 4 is 17.3 Å². The smallest absolute Gasteiger partial charge is 0.178 e. The molecule has 4 nitrogen and oxygen atoms in total. The molecule has 1 aliphatic heterocycles. The fourth-order valence-corrected chi connectivity index (χ4v) is 3.69. The number of hydrogen-bond donors (Lipinski definition) is 1. The molecule has 0 amide bonds. The molecule has 25 heavy (non-hydrogen) atoms. The second kappa shape index (κ2) is 6.17. The molecule has 0 radical (unpaired) electrons. The molecule has 2 heterocycles. The van der Waals surface area contributed by atoms with Gasteiger partial charge in [-0.15, -0.1) is 0 Å². The van der Waals surface area contributed by atoms with Crippen molar-refractivity contribution in [2.24, 2.45) is 10.8 Å². The summed E-state index contributed by atoms with van der Waals surface area (Å²) in [6.07, 6.45) is 4.54. The van der Waals surface area contributed by atoms with Crippen molar-refractivity contribution in [3.63, 3.8) is 0 Å². The molecule has 4 heteroatoms. The molecule has 2 aromatic rings. The zero-order chi connectivity index (χ0) is 18.2. The third-order valence-electron chi connectivity index (χ3n) is 6.31. The molecule has 0 saturated heterocycles. The SMILES string of the molecule is C=C(C)C(C)(C)C(C)(CC)C1Nc2nccnc2N1c1ccccc1. The quantitative estimate of drug-likeness (QED) is 0.744. The maximum atomic E-state index is 4.62. The predicted molar refractivity (Wildman–Crippen MR) is 105 cm³/mol. The van der Waals surface area contributed by atoms with Gasteiger partial charge < -0.3 is 10.2 Å². The lowest BCUT2D eigenvalue weighted by Gasteiger charge is -2.51. The Balaban J connectivity index is 2.16. The topological polar surface area (TPSA) is 41.1 Å². The van der Waals surface area contributed by atoms with E-state index in [9.17, 15) is 0 Å². The normalized spacial score (nSPS) is 19.1. The van der Waals surface area contributed by atoms with E-state index < -0.39 is 0 Å². The standard InChI is InChI=1S/C21H28N4/c1-7-21(6,20(4,5)15(2)3)19-24-17-18(23-14-13-22-17)25(19)16-11-9-8-10-12-16/h8-14,19H,2,7H2,1,3-6H3,(H,22,24). The highest BCUT2D eigenvalue weighted by molar-refractivity contribution is 5.77. The summed E-state index contributed by atoms with van der Waals surface area (Å²) < 4.78 is 0. The lowest BCUT2D eigenvalue weighted by Crippen LogP contribution is -2.53. The zero-order valence-corrected chi connectivity index (χ0v) is 15.9. The maximum Gasteiger partial charge on any atom is 0.178 e. The van der Waals surface area contributed by atoms with Gasteiger partial charge in [0, 0.05) is 23.5 Å². The van der Waals surface area contributed by atoms with E-state index in [1.165, 1.54) is 5.57 Å². The van der Waals surface area contributed by atoms with Crippen molar-refractivity contribution in [2.45, 2.75) is 47.2 Å². The zero-order valence-electron chi connectivity index (χ0n) is 15.9. The lowest BCUT2D eigenvalue weighted by molar-refractivity contribution is 0.0980. The van der Waals surface area contributed by atoms with Crippen molar-refractivity contribution in [2.75, 3.05) is 10.2 Å². The van der Waals surface area contributed by atoms with Crippen molar-refractivity contribution in [1.82, 2.24) is 9.97 Å². The fourth-order valence-electron chi connectivity index (χ4n) is 3.69. The summed E-state index contributed by atoms with van der Waals surface area (Å²) in [5.74, 6) is 1.73. The van der Waals surface area contributed by atoms with Gasteiger partial charge in [-0.05, 0) is 30.9 Å². The second-order valence-electron chi connectivity index (χ2n) is 7.66. The van der Waals surface area contributed by atoms with Gasteiger partial charge in [-0.1, -0.05) is 58.0 Å². The Labute approximate surface area is 151 Å². The summed E-state index contributed by atoms with van der Waals surface area (Å²) in [5, 5.41) is 3.65. The molecule has 0 spiro atoms. The molecule has 2 unspecified atom stereocenters. The van der Waals surface area contributed by atoms with Crippen LogP contribution in [0, 0.1) is 10.8 Å². The van der Waals surface area contributed by atoms with Gasteiger partial charge in [0.1, 0.15) is 6.17 Å². The van der Waals surface area contributed by atoms with Gasteiger partial charge in [-0.25, -0.2) is 9.97 Å². The van der Waals surface area contributed by atoms with E-state index in [4.69, 9.17) is 0 Å². The number of rotatable bonds is 5. The molecule has 3 rings (SSSR count). The van der Waals surface area contributed by atoms with Gasteiger partial charge in [0.05, 0.1) is 0 Å². The predicted octanol–water partition coefficient (Wildman–Crippen LogP) is 5.38. The van der Waals surface area contributed by atoms with Gasteiger partial charge in [0.2, 0.25) is 0 Å². The molecule has 0 fully saturated rings. The minimum Gasteiger partial charge on any atom is -0.346 e. The molecule has 1 aliphatic rings. The van der Waals surface area contributed by atoms with Crippen LogP contribution < -0.4 is 10.2 Å². The molecule has 0 saturated carbocycles. The van der Waals surface area contributed by atoms with Crippen LogP contribution in [-0.2, 0) is 0 Å². The fraction of sp³-hybridized carbons (Fsp3) is 0.429. The number of fused-ring (bicyclic) bond motifs is 1. The molecule has 0 aliphatic carbocycles. The molecule has 132 valence electrons. The first-order chi connectivity index (χ1) is 11.8. The number of nitrogens with one attached hydrogen (secondary N) is 1. The average molecular weight is 336 g/mol. The number of benzene rings is 1. The number of aromatic nitrogens is 2. The third kappa shape index (κ3) is 2.60. The van der Waals surface area contributed by atoms with E-state index >= 15 is 0 Å². The summed E-state index contributed by atoms with van der Waals surface area (Å²) in [7, 11) is 0. The van der Waals surface area contributed by atoms with Gasteiger partial charge in [0.25, 0.3) is 0 Å². The van der Waals surface area contributed by atoms with Crippen LogP contribution in [0.4, 0.5) is 17.3 Å². The summed E-state index contributed by atoms with van der Waals surface area (Å²) in [4.78, 5) is 11.4. The van der Waals surface area contributed by atoms with Gasteiger partial charge >= 0.3 is 0 Å². The number of nitrogens with zero attached hydrogens (tertiary/aromatic N) is 3. The first-order valence-electron chi connectivity index (χ1n) is 8.90. The van der Waals surface area contributed by atoms with Crippen LogP contribution in [-0.4, -0.2) is 16.1 Å². The molecule has 2 atom stereocenters. The van der Waals surface area contributed by atoms with Crippen LogP contribution in [0.5, 0.6) is 0 Å². The summed E-state index contributed by atoms with van der Waals surface area (Å²) in [6.45, 7) is 15.6. The Kier molecular flexibility index (Phi) is 4.31. The maximum absolute atomic E-state index is 4.62. The Morgan fingerprint density at radius 2 is 1.80 bits per heavy atom. The van der Waals surface area contributed by atoms with Crippen LogP contribution in [0.1, 0.15) is 41.0 Å². The Morgan fingerprint density at radius 3 is 2.40 bits per heavy atom. The Morgan fingerprint density at radius 1 is 1.16 bits per heavy atom. The molecule has 1 N–H and O–H groups in total. The highest BCUT2D eigenvalue weighted by Gasteiger charge is 2.52. The van der Waals surface area contributed by atoms with E-state index in [-0.39, 0.29) is 17.0 Å². The van der Waals surface area contributed by atoms with Crippen LogP contribution in [0.25, 0.3) is 0 Å². The van der Waals surface area contributed by atoms with E-state index in [0.717, 1.165) is 23.7 Å². The largest absolute Gasteiger partial charge is 0.346 e. The van der Waals surface area contributed by atoms with Crippen LogP contribution in [0.15, 0.2) is 54.9 Å². The monoisotopic (exact) mass is 336 g/mol. The van der Waals surface area contributed by atoms with Gasteiger partial charge in [-0.3, -0.25) is 0 Å². The van der Waals surface area contributed by atoms with Crippen LogP contribution in [0.2, 0.25) is 0 Å². The first kappa shape index (κ1) is 17.5. The van der Waals surface area contributed by atoms with E-state index in [0.29, 0.717) is 0 Å². The van der Waals surface area contributed by atoms with Crippen molar-refractivity contribution in [3.8, 4) is 0 Å². The number of anilines is 3. The molecule has 1 aromatic carbocycles. The first-order valence-corrected chi connectivity index (χ1v) is 8.90. The van der Waals surface area contributed by atoms with Crippen molar-refractivity contribution in [1.29, 1.82) is 0 Å². The summed E-state index contributed by atoms with van der Waals surface area (Å²) in [6, 6.07) is 10.4. The third-order valence-corrected chi connectivity index (χ3v) is 6.31. The Hall–Kier alpha value is -2.36. The Bertz CT molecular complexity index is 768. The highest BCUT2D eigenvalue weighted by Crippen LogP contribution is 2.54. The van der Waals surface area contributed by atoms with Crippen molar-refractivity contribution in [3.05, 3.63) is 54.9 Å². The minimum atomic E-state index is -0.0724. The van der Waals surface area contributed by atoms with E-state index in [1.807, 2.05) is 6.07 Å². The summed E-state index contributed by atoms with van der Waals surface area (Å²) in [5.41, 5.74) is 2.17. The van der Waals surface area contributed by atoms with Gasteiger partial charge in [-0.2, -0.15) is 0 Å². The minimum absolute atomic E-state index is 0.0454. The van der Waals surface area contributed by atoms with E-state index in [1.54, 1.807) is 12.4 Å². The van der Waals surface area contributed by atoms with E-state index in [2.05, 4.69) is 85.6 Å². The number of para-hydroxylation sites is 1. The highest BCUT2D eigenvalue weighted by atomic mass is 15.4. The summed E-state index contributed by atoms with van der Waals surface area (Å²) >= 11 is 0. The molecule has 0 bridgehead atoms. The van der Waals surface area contributed by atoms with Crippen LogP contribution >= 0.6 is 0 Å².